The van der Waals surface area contributed by atoms with Crippen molar-refractivity contribution in [2.75, 3.05) is 52.2 Å². The first kappa shape index (κ1) is 19.2. The minimum atomic E-state index is -0.967. The Labute approximate surface area is 148 Å². The van der Waals surface area contributed by atoms with Gasteiger partial charge in [-0.2, -0.15) is 0 Å². The molecule has 2 N–H and O–H groups in total. The van der Waals surface area contributed by atoms with Crippen LogP contribution >= 0.6 is 0 Å². The number of rotatable bonds is 9. The molecule has 1 aromatic carbocycles. The zero-order valence-electron chi connectivity index (χ0n) is 14.9. The molecule has 0 spiro atoms. The molecule has 0 unspecified atom stereocenters. The lowest BCUT2D eigenvalue weighted by Gasteiger charge is -2.27. The highest BCUT2D eigenvalue weighted by atomic mass is 16.5. The standard InChI is InChI=1S/C18H27N3O4/c1-20(2)9-10-21(13-14-6-5-11-25-14)18(24)15-7-3-4-8-16(15)19-12-17(22)23/h3-4,7-8,14,19H,5-6,9-13H2,1-2H3,(H,22,23)/t14-/m0/s1. The molecule has 1 aromatic rings. The maximum Gasteiger partial charge on any atom is 0.322 e. The molecule has 7 nitrogen and oxygen atoms in total. The number of ether oxygens (including phenoxy) is 1. The van der Waals surface area contributed by atoms with Crippen LogP contribution in [-0.4, -0.2) is 79.8 Å². The highest BCUT2D eigenvalue weighted by molar-refractivity contribution is 6.00. The van der Waals surface area contributed by atoms with E-state index < -0.39 is 5.97 Å². The number of likely N-dealkylation sites (N-methyl/N-ethyl adjacent to an activating group) is 1. The molecule has 0 radical (unpaired) electrons. The molecule has 25 heavy (non-hydrogen) atoms. The average molecular weight is 349 g/mol. The number of carboxylic acids is 1. The van der Waals surface area contributed by atoms with Crippen LogP contribution in [0.2, 0.25) is 0 Å². The Morgan fingerprint density at radius 3 is 2.68 bits per heavy atom. The molecule has 1 amide bonds. The van der Waals surface area contributed by atoms with E-state index in [-0.39, 0.29) is 18.6 Å². The Bertz CT molecular complexity index is 585. The van der Waals surface area contributed by atoms with Gasteiger partial charge in [0.1, 0.15) is 6.54 Å². The molecular weight excluding hydrogens is 322 g/mol. The second-order valence-electron chi connectivity index (χ2n) is 6.48. The molecule has 1 atom stereocenters. The molecular formula is C18H27N3O4. The van der Waals surface area contributed by atoms with Gasteiger partial charge in [-0.05, 0) is 39.1 Å². The van der Waals surface area contributed by atoms with Gasteiger partial charge in [-0.15, -0.1) is 0 Å². The summed E-state index contributed by atoms with van der Waals surface area (Å²) in [6.07, 6.45) is 2.06. The number of hydrogen-bond donors (Lipinski definition) is 2. The monoisotopic (exact) mass is 349 g/mol. The molecule has 0 bridgehead atoms. The first-order valence-electron chi connectivity index (χ1n) is 8.57. The third-order valence-electron chi connectivity index (χ3n) is 4.14. The Hall–Kier alpha value is -2.12. The van der Waals surface area contributed by atoms with Gasteiger partial charge in [-0.1, -0.05) is 12.1 Å². The van der Waals surface area contributed by atoms with Crippen molar-refractivity contribution >= 4 is 17.6 Å². The summed E-state index contributed by atoms with van der Waals surface area (Å²) in [6, 6.07) is 7.03. The SMILES string of the molecule is CN(C)CCN(C[C@@H]1CCCO1)C(=O)c1ccccc1NCC(=O)O. The van der Waals surface area contributed by atoms with Crippen LogP contribution < -0.4 is 5.32 Å². The molecule has 7 heteroatoms. The first-order valence-corrected chi connectivity index (χ1v) is 8.57. The first-order chi connectivity index (χ1) is 12.0. The number of benzene rings is 1. The second-order valence-corrected chi connectivity index (χ2v) is 6.48. The number of carbonyl (C=O) groups excluding carboxylic acids is 1. The lowest BCUT2D eigenvalue weighted by atomic mass is 10.1. The van der Waals surface area contributed by atoms with Gasteiger partial charge in [-0.3, -0.25) is 9.59 Å². The van der Waals surface area contributed by atoms with E-state index in [0.29, 0.717) is 24.3 Å². The summed E-state index contributed by atoms with van der Waals surface area (Å²) in [5.74, 6) is -1.07. The molecule has 1 aliphatic rings. The summed E-state index contributed by atoms with van der Waals surface area (Å²) in [6.45, 7) is 2.42. The summed E-state index contributed by atoms with van der Waals surface area (Å²) in [7, 11) is 3.94. The fraction of sp³-hybridized carbons (Fsp3) is 0.556. The van der Waals surface area contributed by atoms with E-state index in [1.165, 1.54) is 0 Å². The summed E-state index contributed by atoms with van der Waals surface area (Å²) in [5.41, 5.74) is 1.03. The molecule has 1 aliphatic heterocycles. The van der Waals surface area contributed by atoms with Crippen LogP contribution in [0.5, 0.6) is 0 Å². The second kappa shape index (κ2) is 9.39. The zero-order valence-corrected chi connectivity index (χ0v) is 14.9. The Balaban J connectivity index is 2.14. The number of para-hydroxylation sites is 1. The molecule has 2 rings (SSSR count). The molecule has 1 fully saturated rings. The van der Waals surface area contributed by atoms with Gasteiger partial charge in [0.2, 0.25) is 0 Å². The van der Waals surface area contributed by atoms with Crippen LogP contribution in [0.4, 0.5) is 5.69 Å². The number of nitrogens with one attached hydrogen (secondary N) is 1. The van der Waals surface area contributed by atoms with Crippen molar-refractivity contribution in [1.82, 2.24) is 9.80 Å². The smallest absolute Gasteiger partial charge is 0.322 e. The number of carbonyl (C=O) groups is 2. The topological polar surface area (TPSA) is 82.1 Å². The molecule has 0 aliphatic carbocycles. The van der Waals surface area contributed by atoms with E-state index in [1.807, 2.05) is 19.0 Å². The maximum atomic E-state index is 13.1. The van der Waals surface area contributed by atoms with Gasteiger partial charge in [-0.25, -0.2) is 0 Å². The average Bonchev–Trinajstić information content (AvgIpc) is 3.09. The molecule has 0 saturated carbocycles. The molecule has 0 aromatic heterocycles. The predicted molar refractivity (Wildman–Crippen MR) is 96.0 cm³/mol. The van der Waals surface area contributed by atoms with Crippen molar-refractivity contribution in [3.8, 4) is 0 Å². The molecule has 1 saturated heterocycles. The lowest BCUT2D eigenvalue weighted by Crippen LogP contribution is -2.41. The Morgan fingerprint density at radius 1 is 1.28 bits per heavy atom. The van der Waals surface area contributed by atoms with Crippen LogP contribution in [0.3, 0.4) is 0 Å². The van der Waals surface area contributed by atoms with Crippen molar-refractivity contribution in [2.24, 2.45) is 0 Å². The lowest BCUT2D eigenvalue weighted by molar-refractivity contribution is -0.134. The van der Waals surface area contributed by atoms with Gasteiger partial charge in [0.25, 0.3) is 5.91 Å². The van der Waals surface area contributed by atoms with E-state index >= 15 is 0 Å². The fourth-order valence-electron chi connectivity index (χ4n) is 2.80. The number of anilines is 1. The van der Waals surface area contributed by atoms with E-state index in [0.717, 1.165) is 26.0 Å². The minimum Gasteiger partial charge on any atom is -0.480 e. The minimum absolute atomic E-state index is 0.0743. The number of hydrogen-bond acceptors (Lipinski definition) is 5. The van der Waals surface area contributed by atoms with Crippen molar-refractivity contribution in [2.45, 2.75) is 18.9 Å². The van der Waals surface area contributed by atoms with E-state index in [2.05, 4.69) is 5.32 Å². The summed E-state index contributed by atoms with van der Waals surface area (Å²) >= 11 is 0. The number of nitrogens with zero attached hydrogens (tertiary/aromatic N) is 2. The highest BCUT2D eigenvalue weighted by Gasteiger charge is 2.24. The largest absolute Gasteiger partial charge is 0.480 e. The quantitative estimate of drug-likeness (QED) is 0.701. The fourth-order valence-corrected chi connectivity index (χ4v) is 2.80. The normalized spacial score (nSPS) is 16.8. The van der Waals surface area contributed by atoms with E-state index in [4.69, 9.17) is 9.84 Å². The summed E-state index contributed by atoms with van der Waals surface area (Å²) in [4.78, 5) is 27.7. The Morgan fingerprint density at radius 2 is 2.04 bits per heavy atom. The van der Waals surface area contributed by atoms with Crippen molar-refractivity contribution in [3.63, 3.8) is 0 Å². The zero-order chi connectivity index (χ0) is 18.2. The van der Waals surface area contributed by atoms with Gasteiger partial charge in [0.05, 0.1) is 11.7 Å². The summed E-state index contributed by atoms with van der Waals surface area (Å²) in [5, 5.41) is 11.7. The van der Waals surface area contributed by atoms with Crippen molar-refractivity contribution < 1.29 is 19.4 Å². The third-order valence-corrected chi connectivity index (χ3v) is 4.14. The van der Waals surface area contributed by atoms with Gasteiger partial charge < -0.3 is 25.0 Å². The summed E-state index contributed by atoms with van der Waals surface area (Å²) < 4.78 is 5.68. The van der Waals surface area contributed by atoms with Crippen molar-refractivity contribution in [3.05, 3.63) is 29.8 Å². The van der Waals surface area contributed by atoms with Crippen LogP contribution in [0, 0.1) is 0 Å². The molecule has 138 valence electrons. The van der Waals surface area contributed by atoms with Crippen LogP contribution in [0.15, 0.2) is 24.3 Å². The Kier molecular flexibility index (Phi) is 7.21. The maximum absolute atomic E-state index is 13.1. The van der Waals surface area contributed by atoms with Crippen LogP contribution in [-0.2, 0) is 9.53 Å². The van der Waals surface area contributed by atoms with Gasteiger partial charge >= 0.3 is 5.97 Å². The van der Waals surface area contributed by atoms with E-state index in [9.17, 15) is 9.59 Å². The van der Waals surface area contributed by atoms with Crippen molar-refractivity contribution in [1.29, 1.82) is 0 Å². The molecule has 1 heterocycles. The predicted octanol–water partition coefficient (Wildman–Crippen LogP) is 1.37. The number of aliphatic carboxylic acids is 1. The highest BCUT2D eigenvalue weighted by Crippen LogP contribution is 2.19. The van der Waals surface area contributed by atoms with Crippen LogP contribution in [0.25, 0.3) is 0 Å². The van der Waals surface area contributed by atoms with Gasteiger partial charge in [0.15, 0.2) is 0 Å². The van der Waals surface area contributed by atoms with Gasteiger partial charge in [0, 0.05) is 31.9 Å². The number of amides is 1. The third kappa shape index (κ3) is 6.03. The van der Waals surface area contributed by atoms with E-state index in [1.54, 1.807) is 29.2 Å². The van der Waals surface area contributed by atoms with Crippen LogP contribution in [0.1, 0.15) is 23.2 Å². The number of carboxylic acid groups (broad SMARTS) is 1.